The molecular formula is C66H46N4. The summed E-state index contributed by atoms with van der Waals surface area (Å²) in [5, 5.41) is 12.2. The lowest BCUT2D eigenvalue weighted by atomic mass is 9.82. The molecule has 0 N–H and O–H groups in total. The Morgan fingerprint density at radius 2 is 1.06 bits per heavy atom. The number of rotatable bonds is 7. The second kappa shape index (κ2) is 16.1. The summed E-state index contributed by atoms with van der Waals surface area (Å²) >= 11 is 0. The van der Waals surface area contributed by atoms with Crippen LogP contribution in [0.3, 0.4) is 0 Å². The summed E-state index contributed by atoms with van der Waals surface area (Å²) in [7, 11) is 0. The van der Waals surface area contributed by atoms with E-state index >= 15 is 0 Å². The van der Waals surface area contributed by atoms with Gasteiger partial charge in [0.2, 0.25) is 0 Å². The predicted octanol–water partition coefficient (Wildman–Crippen LogP) is 17.0. The van der Waals surface area contributed by atoms with Crippen molar-refractivity contribution in [3.63, 3.8) is 0 Å². The molecule has 2 unspecified atom stereocenters. The van der Waals surface area contributed by atoms with Crippen LogP contribution in [0.25, 0.3) is 98.4 Å². The van der Waals surface area contributed by atoms with Gasteiger partial charge < -0.3 is 9.13 Å². The lowest BCUT2D eigenvalue weighted by Gasteiger charge is -2.30. The van der Waals surface area contributed by atoms with Gasteiger partial charge in [0.25, 0.3) is 0 Å². The van der Waals surface area contributed by atoms with E-state index in [-0.39, 0.29) is 12.0 Å². The van der Waals surface area contributed by atoms with Crippen LogP contribution < -0.4 is 0 Å². The molecule has 1 aliphatic heterocycles. The first kappa shape index (κ1) is 40.2. The second-order valence-corrected chi connectivity index (χ2v) is 18.7. The molecule has 0 spiro atoms. The minimum Gasteiger partial charge on any atom is -0.309 e. The van der Waals surface area contributed by atoms with Crippen molar-refractivity contribution in [2.24, 2.45) is 15.9 Å². The van der Waals surface area contributed by atoms with Gasteiger partial charge in [-0.25, -0.2) is 4.99 Å². The van der Waals surface area contributed by atoms with Crippen LogP contribution >= 0.6 is 0 Å². The molecule has 0 amide bonds. The van der Waals surface area contributed by atoms with Crippen molar-refractivity contribution in [2.45, 2.75) is 19.4 Å². The van der Waals surface area contributed by atoms with Crippen LogP contribution in [0.15, 0.2) is 247 Å². The zero-order valence-electron chi connectivity index (χ0n) is 38.7. The summed E-state index contributed by atoms with van der Waals surface area (Å²) in [4.78, 5) is 11.0. The number of para-hydroxylation sites is 2. The first-order valence-electron chi connectivity index (χ1n) is 24.5. The van der Waals surface area contributed by atoms with Gasteiger partial charge in [0.1, 0.15) is 0 Å². The molecule has 0 radical (unpaired) electrons. The number of aliphatic imine (C=N–C) groups is 2. The highest BCUT2D eigenvalue weighted by atomic mass is 15.0. The number of hydrogen-bond donors (Lipinski definition) is 0. The van der Waals surface area contributed by atoms with Crippen molar-refractivity contribution in [3.05, 3.63) is 253 Å². The van der Waals surface area contributed by atoms with E-state index in [2.05, 4.69) is 253 Å². The Balaban J connectivity index is 0.982. The third kappa shape index (κ3) is 6.30. The SMILES string of the molecule is CCC1C(c2cccc3cc(-n4c5ccccc5c5cc6c7c8ccccc8c(-c8ccccc8)cc7n(-c7ccccc7)c6cc54)ccc23)=NC(c2ccc3ccccc3c2)=NC1c1ccccc1. The molecule has 4 nitrogen and oxygen atoms in total. The van der Waals surface area contributed by atoms with Crippen LogP contribution in [-0.2, 0) is 0 Å². The molecule has 330 valence electrons. The normalized spacial score (nSPS) is 15.2. The number of benzene rings is 11. The lowest BCUT2D eigenvalue weighted by Crippen LogP contribution is -2.28. The summed E-state index contributed by atoms with van der Waals surface area (Å²) in [5.74, 6) is 0.871. The second-order valence-electron chi connectivity index (χ2n) is 18.7. The molecule has 13 aromatic rings. The maximum atomic E-state index is 5.54. The molecule has 4 heteroatoms. The third-order valence-electron chi connectivity index (χ3n) is 14.9. The quantitative estimate of drug-likeness (QED) is 0.153. The largest absolute Gasteiger partial charge is 0.309 e. The van der Waals surface area contributed by atoms with E-state index < -0.39 is 0 Å². The van der Waals surface area contributed by atoms with Gasteiger partial charge in [-0.15, -0.1) is 0 Å². The van der Waals surface area contributed by atoms with E-state index in [0.717, 1.165) is 40.5 Å². The van der Waals surface area contributed by atoms with Crippen molar-refractivity contribution < 1.29 is 0 Å². The summed E-state index contributed by atoms with van der Waals surface area (Å²) < 4.78 is 4.95. The van der Waals surface area contributed by atoms with E-state index in [0.29, 0.717) is 0 Å². The fourth-order valence-electron chi connectivity index (χ4n) is 11.7. The van der Waals surface area contributed by atoms with E-state index in [1.54, 1.807) is 0 Å². The summed E-state index contributed by atoms with van der Waals surface area (Å²) in [6.07, 6.45) is 0.903. The van der Waals surface area contributed by atoms with Gasteiger partial charge in [0.05, 0.1) is 33.8 Å². The van der Waals surface area contributed by atoms with Gasteiger partial charge in [0.15, 0.2) is 5.84 Å². The topological polar surface area (TPSA) is 34.6 Å². The monoisotopic (exact) mass is 894 g/mol. The molecule has 14 rings (SSSR count). The van der Waals surface area contributed by atoms with Crippen LogP contribution in [0.4, 0.5) is 0 Å². The summed E-state index contributed by atoms with van der Waals surface area (Å²) in [6.45, 7) is 2.27. The minimum absolute atomic E-state index is 0.0708. The van der Waals surface area contributed by atoms with Gasteiger partial charge in [-0.05, 0) is 110 Å². The lowest BCUT2D eigenvalue weighted by molar-refractivity contribution is 0.533. The zero-order valence-corrected chi connectivity index (χ0v) is 38.7. The van der Waals surface area contributed by atoms with E-state index in [4.69, 9.17) is 9.98 Å². The van der Waals surface area contributed by atoms with Crippen LogP contribution in [-0.4, -0.2) is 20.7 Å². The van der Waals surface area contributed by atoms with Crippen molar-refractivity contribution >= 4 is 87.5 Å². The third-order valence-corrected chi connectivity index (χ3v) is 14.9. The summed E-state index contributed by atoms with van der Waals surface area (Å²) in [5.41, 5.74) is 13.9. The number of nitrogens with zero attached hydrogens (tertiary/aromatic N) is 4. The molecule has 0 bridgehead atoms. The van der Waals surface area contributed by atoms with Crippen LogP contribution in [0.5, 0.6) is 0 Å². The molecular weight excluding hydrogens is 849 g/mol. The molecule has 0 fully saturated rings. The molecule has 0 saturated heterocycles. The van der Waals surface area contributed by atoms with Gasteiger partial charge in [0, 0.05) is 50.0 Å². The van der Waals surface area contributed by atoms with E-state index in [1.807, 2.05) is 0 Å². The Hall–Kier alpha value is -8.86. The van der Waals surface area contributed by atoms with E-state index in [1.165, 1.54) is 92.6 Å². The first-order valence-corrected chi connectivity index (χ1v) is 24.5. The van der Waals surface area contributed by atoms with Gasteiger partial charge in [-0.2, -0.15) is 0 Å². The molecule has 2 aromatic heterocycles. The Kier molecular flexibility index (Phi) is 9.28. The van der Waals surface area contributed by atoms with Gasteiger partial charge in [-0.1, -0.05) is 189 Å². The van der Waals surface area contributed by atoms with Crippen molar-refractivity contribution in [1.82, 2.24) is 9.13 Å². The molecule has 2 atom stereocenters. The zero-order chi connectivity index (χ0) is 46.3. The Bertz CT molecular complexity index is 4270. The van der Waals surface area contributed by atoms with Crippen molar-refractivity contribution in [1.29, 1.82) is 0 Å². The number of amidine groups is 1. The van der Waals surface area contributed by atoms with Crippen molar-refractivity contribution in [2.75, 3.05) is 0 Å². The molecule has 11 aromatic carbocycles. The van der Waals surface area contributed by atoms with Gasteiger partial charge in [-0.3, -0.25) is 4.99 Å². The van der Waals surface area contributed by atoms with Crippen LogP contribution in [0.2, 0.25) is 0 Å². The first-order chi connectivity index (χ1) is 34.7. The fraction of sp³-hybridized carbons (Fsp3) is 0.0606. The average Bonchev–Trinajstić information content (AvgIpc) is 3.93. The molecule has 70 heavy (non-hydrogen) atoms. The predicted molar refractivity (Wildman–Crippen MR) is 296 cm³/mol. The molecule has 1 aliphatic rings. The van der Waals surface area contributed by atoms with Gasteiger partial charge >= 0.3 is 0 Å². The highest BCUT2D eigenvalue weighted by Gasteiger charge is 2.33. The summed E-state index contributed by atoms with van der Waals surface area (Å²) in [6, 6.07) is 86.4. The Labute approximate surface area is 405 Å². The number of hydrogen-bond acceptors (Lipinski definition) is 2. The molecule has 0 aliphatic carbocycles. The van der Waals surface area contributed by atoms with E-state index in [9.17, 15) is 0 Å². The average molecular weight is 895 g/mol. The fourth-order valence-corrected chi connectivity index (χ4v) is 11.7. The highest BCUT2D eigenvalue weighted by Crippen LogP contribution is 2.45. The van der Waals surface area contributed by atoms with Crippen molar-refractivity contribution in [3.8, 4) is 22.5 Å². The standard InChI is InChI=1S/C66H46N4/c1-2-50-64(44-22-8-4-9-23-44)67-66(47-34-33-42-19-12-13-24-45(42)37-47)68-65(50)55-31-18-25-46-38-49(35-36-51(46)55)70-59-32-17-16-29-53(59)57-39-58-61(41-60(57)70)69(48-26-10-5-11-27-48)62-40-56(43-20-6-3-7-21-43)52-28-14-15-30-54(52)63(58)62/h3-41,50,64H,2H2,1H3. The number of aromatic nitrogens is 2. The van der Waals surface area contributed by atoms with Crippen LogP contribution in [0, 0.1) is 5.92 Å². The molecule has 0 saturated carbocycles. The smallest absolute Gasteiger partial charge is 0.155 e. The maximum Gasteiger partial charge on any atom is 0.155 e. The Morgan fingerprint density at radius 1 is 0.386 bits per heavy atom. The highest BCUT2D eigenvalue weighted by molar-refractivity contribution is 6.27. The maximum absolute atomic E-state index is 5.54. The Morgan fingerprint density at radius 3 is 1.87 bits per heavy atom. The number of fused-ring (bicyclic) bond motifs is 10. The van der Waals surface area contributed by atoms with Crippen LogP contribution in [0.1, 0.15) is 36.1 Å². The minimum atomic E-state index is -0.0708. The molecule has 3 heterocycles.